The van der Waals surface area contributed by atoms with Crippen LogP contribution in [0.1, 0.15) is 36.1 Å². The lowest BCUT2D eigenvalue weighted by Gasteiger charge is -2.19. The van der Waals surface area contributed by atoms with Crippen LogP contribution in [0.4, 0.5) is 5.69 Å². The third kappa shape index (κ3) is 4.40. The van der Waals surface area contributed by atoms with Crippen molar-refractivity contribution in [3.63, 3.8) is 0 Å². The average Bonchev–Trinajstić information content (AvgIpc) is 2.69. The van der Waals surface area contributed by atoms with Crippen molar-refractivity contribution in [2.24, 2.45) is 0 Å². The number of nitrogens with zero attached hydrogens (tertiary/aromatic N) is 2. The number of carbonyl (C=O) groups excluding carboxylic acids is 1. The molecule has 3 aromatic rings. The van der Waals surface area contributed by atoms with Gasteiger partial charge in [0.15, 0.2) is 0 Å². The van der Waals surface area contributed by atoms with Crippen molar-refractivity contribution in [3.8, 4) is 11.3 Å². The van der Waals surface area contributed by atoms with Gasteiger partial charge >= 0.3 is 0 Å². The number of hydrogen-bond acceptors (Lipinski definition) is 3. The Morgan fingerprint density at radius 1 is 1.14 bits per heavy atom. The molecule has 0 fully saturated rings. The number of halogens is 1. The number of benzene rings is 2. The van der Waals surface area contributed by atoms with Gasteiger partial charge in [0, 0.05) is 22.3 Å². The number of anilines is 1. The van der Waals surface area contributed by atoms with Crippen LogP contribution in [0.5, 0.6) is 0 Å². The molecule has 0 spiro atoms. The molecule has 0 saturated heterocycles. The Balaban J connectivity index is 1.99. The molecule has 0 aliphatic rings. The van der Waals surface area contributed by atoms with E-state index in [1.54, 1.807) is 24.3 Å². The molecule has 1 atom stereocenters. The lowest BCUT2D eigenvalue weighted by Crippen LogP contribution is -2.34. The van der Waals surface area contributed by atoms with Crippen molar-refractivity contribution in [1.29, 1.82) is 0 Å². The maximum Gasteiger partial charge on any atom is 0.267 e. The normalized spacial score (nSPS) is 11.9. The highest BCUT2D eigenvalue weighted by atomic mass is 35.5. The second kappa shape index (κ2) is 8.62. The van der Waals surface area contributed by atoms with Crippen LogP contribution in [0.15, 0.2) is 53.3 Å². The highest BCUT2D eigenvalue weighted by Gasteiger charge is 2.22. The molecular weight excluding hydrogens is 386 g/mol. The summed E-state index contributed by atoms with van der Waals surface area (Å²) in [6, 6.07) is 13.8. The van der Waals surface area contributed by atoms with Crippen molar-refractivity contribution >= 4 is 23.2 Å². The predicted molar refractivity (Wildman–Crippen MR) is 118 cm³/mol. The molecule has 1 unspecified atom stereocenters. The highest BCUT2D eigenvalue weighted by Crippen LogP contribution is 2.25. The number of amides is 1. The van der Waals surface area contributed by atoms with Crippen LogP contribution < -0.4 is 10.9 Å². The van der Waals surface area contributed by atoms with Crippen LogP contribution in [-0.4, -0.2) is 15.7 Å². The molecule has 29 heavy (non-hydrogen) atoms. The number of rotatable bonds is 5. The molecule has 1 N–H and O–H groups in total. The van der Waals surface area contributed by atoms with Crippen molar-refractivity contribution in [2.75, 3.05) is 5.32 Å². The van der Waals surface area contributed by atoms with Crippen LogP contribution in [-0.2, 0) is 4.79 Å². The maximum absolute atomic E-state index is 13.0. The first kappa shape index (κ1) is 20.8. The van der Waals surface area contributed by atoms with Gasteiger partial charge in [-0.15, -0.1) is 0 Å². The molecule has 0 aliphatic heterocycles. The fourth-order valence-electron chi connectivity index (χ4n) is 3.23. The summed E-state index contributed by atoms with van der Waals surface area (Å²) >= 11 is 6.15. The monoisotopic (exact) mass is 409 g/mol. The first-order valence-electron chi connectivity index (χ1n) is 9.55. The standard InChI is InChI=1S/C23H24ClN3O2/c1-5-21(23(29)25-19-8-6-7-18(24)16(19)4)27-22(28)12-11-20(26-27)17-13-14(2)9-10-15(17)3/h6-13,21H,5H2,1-4H3,(H,25,29). The number of hydrogen-bond donors (Lipinski definition) is 1. The van der Waals surface area contributed by atoms with Gasteiger partial charge in [-0.25, -0.2) is 4.68 Å². The second-order valence-electron chi connectivity index (χ2n) is 7.15. The third-order valence-electron chi connectivity index (χ3n) is 5.00. The van der Waals surface area contributed by atoms with Crippen LogP contribution in [0.2, 0.25) is 5.02 Å². The van der Waals surface area contributed by atoms with Gasteiger partial charge in [-0.3, -0.25) is 9.59 Å². The molecule has 2 aromatic carbocycles. The van der Waals surface area contributed by atoms with Gasteiger partial charge in [-0.05, 0) is 62.6 Å². The van der Waals surface area contributed by atoms with Gasteiger partial charge < -0.3 is 5.32 Å². The Kier molecular flexibility index (Phi) is 6.18. The minimum atomic E-state index is -0.731. The lowest BCUT2D eigenvalue weighted by atomic mass is 10.0. The third-order valence-corrected chi connectivity index (χ3v) is 5.41. The Morgan fingerprint density at radius 2 is 1.90 bits per heavy atom. The molecule has 1 heterocycles. The zero-order valence-electron chi connectivity index (χ0n) is 17.0. The van der Waals surface area contributed by atoms with E-state index in [-0.39, 0.29) is 11.5 Å². The van der Waals surface area contributed by atoms with E-state index in [1.807, 2.05) is 45.9 Å². The van der Waals surface area contributed by atoms with E-state index in [2.05, 4.69) is 10.4 Å². The van der Waals surface area contributed by atoms with E-state index in [1.165, 1.54) is 10.7 Å². The van der Waals surface area contributed by atoms with Crippen molar-refractivity contribution in [3.05, 3.63) is 80.6 Å². The largest absolute Gasteiger partial charge is 0.324 e. The van der Waals surface area contributed by atoms with E-state index in [4.69, 9.17) is 11.6 Å². The second-order valence-corrected chi connectivity index (χ2v) is 7.55. The summed E-state index contributed by atoms with van der Waals surface area (Å²) in [5.41, 5.74) is 4.85. The SMILES string of the molecule is CCC(C(=O)Nc1cccc(Cl)c1C)n1nc(-c2cc(C)ccc2C)ccc1=O. The molecule has 0 bridgehead atoms. The molecule has 5 nitrogen and oxygen atoms in total. The van der Waals surface area contributed by atoms with Gasteiger partial charge in [0.25, 0.3) is 5.56 Å². The maximum atomic E-state index is 13.0. The van der Waals surface area contributed by atoms with Gasteiger partial charge in [0.05, 0.1) is 5.69 Å². The summed E-state index contributed by atoms with van der Waals surface area (Å²) in [6.07, 6.45) is 0.425. The van der Waals surface area contributed by atoms with E-state index < -0.39 is 6.04 Å². The highest BCUT2D eigenvalue weighted by molar-refractivity contribution is 6.31. The van der Waals surface area contributed by atoms with Gasteiger partial charge in [-0.1, -0.05) is 42.3 Å². The summed E-state index contributed by atoms with van der Waals surface area (Å²) in [4.78, 5) is 25.5. The Bertz CT molecular complexity index is 1120. The molecule has 0 radical (unpaired) electrons. The summed E-state index contributed by atoms with van der Waals surface area (Å²) in [5, 5.41) is 7.99. The molecule has 0 saturated carbocycles. The molecule has 1 amide bonds. The molecule has 150 valence electrons. The van der Waals surface area contributed by atoms with Gasteiger partial charge in [0.2, 0.25) is 5.91 Å². The quantitative estimate of drug-likeness (QED) is 0.639. The summed E-state index contributed by atoms with van der Waals surface area (Å²) in [6.45, 7) is 7.70. The average molecular weight is 410 g/mol. The first-order chi connectivity index (χ1) is 13.8. The molecule has 6 heteroatoms. The minimum Gasteiger partial charge on any atom is -0.324 e. The van der Waals surface area contributed by atoms with Crippen LogP contribution in [0.25, 0.3) is 11.3 Å². The van der Waals surface area contributed by atoms with Crippen LogP contribution in [0.3, 0.4) is 0 Å². The van der Waals surface area contributed by atoms with Crippen LogP contribution >= 0.6 is 11.6 Å². The van der Waals surface area contributed by atoms with Gasteiger partial charge in [-0.2, -0.15) is 5.10 Å². The Labute approximate surface area is 175 Å². The minimum absolute atomic E-state index is 0.300. The number of carbonyl (C=O) groups is 1. The smallest absolute Gasteiger partial charge is 0.267 e. The first-order valence-corrected chi connectivity index (χ1v) is 9.93. The Hall–Kier alpha value is -2.92. The summed E-state index contributed by atoms with van der Waals surface area (Å²) in [5.74, 6) is -0.300. The van der Waals surface area contributed by atoms with Gasteiger partial charge in [0.1, 0.15) is 6.04 Å². The van der Waals surface area contributed by atoms with E-state index >= 15 is 0 Å². The zero-order valence-corrected chi connectivity index (χ0v) is 17.7. The number of aromatic nitrogens is 2. The summed E-state index contributed by atoms with van der Waals surface area (Å²) < 4.78 is 1.27. The number of aryl methyl sites for hydroxylation is 2. The molecule has 1 aromatic heterocycles. The lowest BCUT2D eigenvalue weighted by molar-refractivity contribution is -0.119. The predicted octanol–water partition coefficient (Wildman–Crippen LogP) is 5.08. The van der Waals surface area contributed by atoms with E-state index in [0.717, 1.165) is 22.3 Å². The molecule has 0 aliphatic carbocycles. The number of nitrogens with one attached hydrogen (secondary N) is 1. The van der Waals surface area contributed by atoms with Crippen molar-refractivity contribution in [2.45, 2.75) is 40.2 Å². The fourth-order valence-corrected chi connectivity index (χ4v) is 3.41. The van der Waals surface area contributed by atoms with E-state index in [0.29, 0.717) is 22.8 Å². The summed E-state index contributed by atoms with van der Waals surface area (Å²) in [7, 11) is 0. The topological polar surface area (TPSA) is 64.0 Å². The molecule has 3 rings (SSSR count). The van der Waals surface area contributed by atoms with Crippen LogP contribution in [0, 0.1) is 20.8 Å². The zero-order chi connectivity index (χ0) is 21.1. The fraction of sp³-hybridized carbons (Fsp3) is 0.261. The van der Waals surface area contributed by atoms with Crippen molar-refractivity contribution < 1.29 is 4.79 Å². The molecular formula is C23H24ClN3O2. The Morgan fingerprint density at radius 3 is 2.62 bits per heavy atom. The van der Waals surface area contributed by atoms with E-state index in [9.17, 15) is 9.59 Å². The van der Waals surface area contributed by atoms with Crippen molar-refractivity contribution in [1.82, 2.24) is 9.78 Å².